The third kappa shape index (κ3) is 11.8. The number of fused-ring (bicyclic) bond motifs is 6. The van der Waals surface area contributed by atoms with E-state index in [0.717, 1.165) is 96.7 Å². The maximum Gasteiger partial charge on any atom is 0.344 e. The average Bonchev–Trinajstić information content (AvgIpc) is 3.35. The molecule has 0 saturated carbocycles. The van der Waals surface area contributed by atoms with Gasteiger partial charge in [0.15, 0.2) is 0 Å². The Morgan fingerprint density at radius 3 is 1.27 bits per heavy atom. The fraction of sp³-hybridized carbons (Fsp3) is 0.321. The lowest BCUT2D eigenvalue weighted by Gasteiger charge is -2.32. The van der Waals surface area contributed by atoms with Gasteiger partial charge < -0.3 is 27.8 Å². The van der Waals surface area contributed by atoms with Crippen molar-refractivity contribution in [3.05, 3.63) is 165 Å². The Kier molecular flexibility index (Phi) is 15.8. The first-order chi connectivity index (χ1) is 32.4. The number of benzene rings is 6. The number of hydrogen-bond donors (Lipinski definition) is 0. The van der Waals surface area contributed by atoms with Gasteiger partial charge in [-0.1, -0.05) is 60.7 Å². The molecule has 0 bridgehead atoms. The summed E-state index contributed by atoms with van der Waals surface area (Å²) in [5, 5.41) is 4.88. The van der Waals surface area contributed by atoms with E-state index in [1.54, 1.807) is 26.4 Å². The highest BCUT2D eigenvalue weighted by Crippen LogP contribution is 2.29. The average molecular weight is 924 g/mol. The van der Waals surface area contributed by atoms with Crippen LogP contribution in [0.5, 0.6) is 23.0 Å². The van der Waals surface area contributed by atoms with E-state index in [-0.39, 0.29) is 23.7 Å². The van der Waals surface area contributed by atoms with Crippen LogP contribution in [0, 0.1) is 11.8 Å². The predicted molar refractivity (Wildman–Crippen MR) is 270 cm³/mol. The number of rotatable bonds is 14. The van der Waals surface area contributed by atoms with Crippen LogP contribution in [-0.4, -0.2) is 76.5 Å². The maximum absolute atomic E-state index is 12.3. The van der Waals surface area contributed by atoms with Crippen LogP contribution in [0.1, 0.15) is 36.8 Å². The van der Waals surface area contributed by atoms with Crippen molar-refractivity contribution in [2.24, 2.45) is 11.8 Å². The minimum Gasteiger partial charge on any atom is -0.497 e. The number of piperidine rings is 2. The molecular formula is C56H59ClN2O8. The zero-order chi connectivity index (χ0) is 45.2. The highest BCUT2D eigenvalue weighted by molar-refractivity contribution is 6.05. The Morgan fingerprint density at radius 2 is 0.866 bits per heavy atom. The van der Waals surface area contributed by atoms with Crippen LogP contribution in [-0.2, 0) is 12.8 Å². The van der Waals surface area contributed by atoms with E-state index in [1.165, 1.54) is 36.8 Å². The van der Waals surface area contributed by atoms with Gasteiger partial charge in [0.05, 0.1) is 25.0 Å². The van der Waals surface area contributed by atoms with Gasteiger partial charge in [0.1, 0.15) is 47.4 Å². The first-order valence-corrected chi connectivity index (χ1v) is 23.3. The molecule has 0 unspecified atom stereocenters. The summed E-state index contributed by atoms with van der Waals surface area (Å²) in [4.78, 5) is 29.5. The van der Waals surface area contributed by atoms with Crippen molar-refractivity contribution in [2.75, 3.05) is 66.7 Å². The van der Waals surface area contributed by atoms with E-state index < -0.39 is 0 Å². The topological polar surface area (TPSA) is 104 Å². The molecule has 8 aromatic rings. The van der Waals surface area contributed by atoms with Gasteiger partial charge in [-0.3, -0.25) is 9.80 Å². The maximum atomic E-state index is 12.3. The van der Waals surface area contributed by atoms with Crippen LogP contribution in [0.4, 0.5) is 0 Å². The van der Waals surface area contributed by atoms with Crippen LogP contribution in [0.15, 0.2) is 152 Å². The summed E-state index contributed by atoms with van der Waals surface area (Å²) < 4.78 is 33.8. The highest BCUT2D eigenvalue weighted by Gasteiger charge is 2.21. The fourth-order valence-corrected chi connectivity index (χ4v) is 9.58. The first kappa shape index (κ1) is 47.2. The molecule has 10 nitrogen and oxygen atoms in total. The Morgan fingerprint density at radius 1 is 0.463 bits per heavy atom. The molecular weight excluding hydrogens is 864 g/mol. The smallest absolute Gasteiger partial charge is 0.344 e. The summed E-state index contributed by atoms with van der Waals surface area (Å²) >= 11 is 0. The molecule has 2 saturated heterocycles. The summed E-state index contributed by atoms with van der Waals surface area (Å²) in [6, 6.07) is 43.4. The summed E-state index contributed by atoms with van der Waals surface area (Å²) in [6.07, 6.45) is 7.02. The van der Waals surface area contributed by atoms with E-state index >= 15 is 0 Å². The summed E-state index contributed by atoms with van der Waals surface area (Å²) in [7, 11) is 3.44. The van der Waals surface area contributed by atoms with Gasteiger partial charge in [0.2, 0.25) is 0 Å². The van der Waals surface area contributed by atoms with Crippen molar-refractivity contribution in [3.8, 4) is 23.0 Å². The molecule has 2 aliphatic heterocycles. The van der Waals surface area contributed by atoms with Crippen LogP contribution < -0.4 is 30.2 Å². The Labute approximate surface area is 397 Å². The van der Waals surface area contributed by atoms with Gasteiger partial charge in [0, 0.05) is 36.0 Å². The molecule has 2 fully saturated rings. The van der Waals surface area contributed by atoms with Crippen LogP contribution >= 0.6 is 12.4 Å². The normalized spacial score (nSPS) is 15.0. The van der Waals surface area contributed by atoms with Crippen LogP contribution in [0.3, 0.4) is 0 Å². The van der Waals surface area contributed by atoms with Crippen LogP contribution in [0.25, 0.3) is 43.5 Å². The van der Waals surface area contributed by atoms with E-state index in [2.05, 4.69) is 46.2 Å². The molecule has 4 heterocycles. The lowest BCUT2D eigenvalue weighted by atomic mass is 9.90. The van der Waals surface area contributed by atoms with Crippen molar-refractivity contribution in [1.82, 2.24) is 9.80 Å². The number of likely N-dealkylation sites (tertiary alicyclic amines) is 2. The van der Waals surface area contributed by atoms with E-state index in [9.17, 15) is 9.59 Å². The fourth-order valence-electron chi connectivity index (χ4n) is 9.58. The number of nitrogens with zero attached hydrogens (tertiary/aromatic N) is 2. The summed E-state index contributed by atoms with van der Waals surface area (Å²) in [6.45, 7) is 7.39. The molecule has 0 radical (unpaired) electrons. The van der Waals surface area contributed by atoms with E-state index in [4.69, 9.17) is 27.8 Å². The second-order valence-corrected chi connectivity index (χ2v) is 17.6. The third-order valence-electron chi connectivity index (χ3n) is 13.3. The van der Waals surface area contributed by atoms with Gasteiger partial charge in [0.25, 0.3) is 0 Å². The quantitative estimate of drug-likeness (QED) is 0.0773. The van der Waals surface area contributed by atoms with Gasteiger partial charge in [-0.15, -0.1) is 12.4 Å². The number of methoxy groups -OCH3 is 2. The molecule has 2 aromatic heterocycles. The van der Waals surface area contributed by atoms with Crippen molar-refractivity contribution in [1.29, 1.82) is 0 Å². The zero-order valence-corrected chi connectivity index (χ0v) is 39.1. The molecule has 0 aliphatic carbocycles. The molecule has 6 aromatic carbocycles. The SMILES string of the molecule is COc1cccc(CC2CCN(CCOc3ccc4c(c3)oc(=O)c3ccccc34)CC2)c1.COc1cccc(CC2CCN(CCOc3ccc4c(c3)oc(=O)c3ccccc34)CC2)c1.Cl. The van der Waals surface area contributed by atoms with E-state index in [1.807, 2.05) is 84.9 Å². The minimum absolute atomic E-state index is 0. The van der Waals surface area contributed by atoms with Gasteiger partial charge >= 0.3 is 11.3 Å². The third-order valence-corrected chi connectivity index (χ3v) is 13.3. The molecule has 348 valence electrons. The molecule has 11 heteroatoms. The molecule has 0 atom stereocenters. The van der Waals surface area contributed by atoms with Crippen molar-refractivity contribution in [2.45, 2.75) is 38.5 Å². The minimum atomic E-state index is -0.313. The molecule has 67 heavy (non-hydrogen) atoms. The molecule has 0 spiro atoms. The second-order valence-electron chi connectivity index (χ2n) is 17.6. The highest BCUT2D eigenvalue weighted by atomic mass is 35.5. The van der Waals surface area contributed by atoms with Crippen molar-refractivity contribution < 1.29 is 27.8 Å². The predicted octanol–water partition coefficient (Wildman–Crippen LogP) is 11.0. The molecule has 2 aliphatic rings. The lowest BCUT2D eigenvalue weighted by Crippen LogP contribution is -2.37. The monoisotopic (exact) mass is 922 g/mol. The van der Waals surface area contributed by atoms with Gasteiger partial charge in [-0.2, -0.15) is 0 Å². The number of halogens is 1. The zero-order valence-electron chi connectivity index (χ0n) is 38.3. The van der Waals surface area contributed by atoms with Crippen LogP contribution in [0.2, 0.25) is 0 Å². The lowest BCUT2D eigenvalue weighted by molar-refractivity contribution is 0.155. The van der Waals surface area contributed by atoms with Gasteiger partial charge in [-0.05, 0) is 159 Å². The van der Waals surface area contributed by atoms with Gasteiger partial charge in [-0.25, -0.2) is 9.59 Å². The Bertz CT molecular complexity index is 2820. The Hall–Kier alpha value is -6.33. The summed E-state index contributed by atoms with van der Waals surface area (Å²) in [5.74, 6) is 4.76. The van der Waals surface area contributed by atoms with Crippen molar-refractivity contribution >= 4 is 55.9 Å². The number of hydrogen-bond acceptors (Lipinski definition) is 10. The largest absolute Gasteiger partial charge is 0.497 e. The summed E-state index contributed by atoms with van der Waals surface area (Å²) in [5.41, 5.74) is 3.21. The Balaban J connectivity index is 0.000000179. The van der Waals surface area contributed by atoms with Crippen molar-refractivity contribution in [3.63, 3.8) is 0 Å². The molecule has 0 amide bonds. The van der Waals surface area contributed by atoms with E-state index in [0.29, 0.717) is 47.0 Å². The molecule has 0 N–H and O–H groups in total. The standard InChI is InChI=1S/2C28H29NO4.ClH/c2*1-31-22-6-4-5-21(18-22)17-20-11-13-29(14-12-20)15-16-32-23-9-10-25-24-7-2-3-8-26(24)28(30)33-27(25)19-23;/h2*2-10,18-20H,11-17H2,1H3;1H. The first-order valence-electron chi connectivity index (χ1n) is 23.3. The number of ether oxygens (including phenoxy) is 4. The second kappa shape index (κ2) is 22.4. The molecule has 10 rings (SSSR count).